The first-order chi connectivity index (χ1) is 18.0. The molecule has 1 heterocycles. The van der Waals surface area contributed by atoms with E-state index in [0.717, 1.165) is 32.5 Å². The Morgan fingerprint density at radius 2 is 1.70 bits per heavy atom. The summed E-state index contributed by atoms with van der Waals surface area (Å²) in [4.78, 5) is 14.2. The van der Waals surface area contributed by atoms with Crippen LogP contribution in [0, 0.1) is 0 Å². The van der Waals surface area contributed by atoms with Crippen molar-refractivity contribution >= 4 is 5.97 Å². The normalized spacial score (nSPS) is 16.2. The van der Waals surface area contributed by atoms with Crippen molar-refractivity contribution in [3.63, 3.8) is 0 Å². The van der Waals surface area contributed by atoms with E-state index < -0.39 is 12.6 Å². The van der Waals surface area contributed by atoms with E-state index in [0.29, 0.717) is 42.9 Å². The number of esters is 1. The summed E-state index contributed by atoms with van der Waals surface area (Å²) >= 11 is 0. The number of likely N-dealkylation sites (tertiary alicyclic amines) is 1. The Kier molecular flexibility index (Phi) is 12.1. The van der Waals surface area contributed by atoms with Gasteiger partial charge in [0, 0.05) is 26.2 Å². The Morgan fingerprint density at radius 1 is 1.03 bits per heavy atom. The first-order valence-electron chi connectivity index (χ1n) is 12.9. The van der Waals surface area contributed by atoms with Gasteiger partial charge in [0.1, 0.15) is 24.2 Å². The summed E-state index contributed by atoms with van der Waals surface area (Å²) in [6.45, 7) is 7.28. The second-order valence-corrected chi connectivity index (χ2v) is 8.91. The highest BCUT2D eigenvalue weighted by molar-refractivity contribution is 5.89. The Hall–Kier alpha value is -2.69. The molecule has 0 radical (unpaired) electrons. The number of carbonyl (C=O) groups is 1. The standard InChI is InChI=1S/C28H40N2O7/c1-4-34-27(32)22-8-6-21(7-9-22)19-30-16-14-23(15-17-30)29-18-24(31)20-36-25-10-12-26(13-11-25)37-28(33-3)35-5-2/h6-13,23-24,28-29,31H,4-5,14-20H2,1-3H3. The number of aliphatic hydroxyl groups is 1. The Balaban J connectivity index is 1.31. The summed E-state index contributed by atoms with van der Waals surface area (Å²) in [5.41, 5.74) is 1.76. The first kappa shape index (κ1) is 28.9. The molecule has 2 atom stereocenters. The monoisotopic (exact) mass is 516 g/mol. The molecule has 9 nitrogen and oxygen atoms in total. The van der Waals surface area contributed by atoms with Crippen LogP contribution in [0.1, 0.15) is 42.6 Å². The fourth-order valence-electron chi connectivity index (χ4n) is 4.08. The van der Waals surface area contributed by atoms with Gasteiger partial charge in [0.05, 0.1) is 18.8 Å². The lowest BCUT2D eigenvalue weighted by molar-refractivity contribution is -0.231. The number of piperidine rings is 1. The fraction of sp³-hybridized carbons (Fsp3) is 0.536. The van der Waals surface area contributed by atoms with Crippen LogP contribution in [0.5, 0.6) is 11.5 Å². The SMILES string of the molecule is CCOC(=O)c1ccc(CN2CCC(NCC(O)COc3ccc(OC(OC)OCC)cc3)CC2)cc1. The minimum absolute atomic E-state index is 0.202. The molecule has 1 aliphatic heterocycles. The average Bonchev–Trinajstić information content (AvgIpc) is 2.92. The molecule has 1 saturated heterocycles. The largest absolute Gasteiger partial charge is 0.491 e. The lowest BCUT2D eigenvalue weighted by Crippen LogP contribution is -2.45. The van der Waals surface area contributed by atoms with Gasteiger partial charge in [-0.15, -0.1) is 0 Å². The lowest BCUT2D eigenvalue weighted by atomic mass is 10.0. The van der Waals surface area contributed by atoms with Crippen molar-refractivity contribution in [1.29, 1.82) is 0 Å². The number of hydrogen-bond donors (Lipinski definition) is 2. The van der Waals surface area contributed by atoms with Crippen LogP contribution in [0.2, 0.25) is 0 Å². The number of nitrogens with one attached hydrogen (secondary N) is 1. The zero-order valence-electron chi connectivity index (χ0n) is 22.1. The number of ether oxygens (including phenoxy) is 5. The number of nitrogens with zero attached hydrogens (tertiary/aromatic N) is 1. The predicted octanol–water partition coefficient (Wildman–Crippen LogP) is 3.20. The van der Waals surface area contributed by atoms with E-state index in [4.69, 9.17) is 23.7 Å². The summed E-state index contributed by atoms with van der Waals surface area (Å²) in [6, 6.07) is 15.1. The lowest BCUT2D eigenvalue weighted by Gasteiger charge is -2.33. The molecule has 0 bridgehead atoms. The maximum atomic E-state index is 11.8. The molecule has 0 spiro atoms. The smallest absolute Gasteiger partial charge is 0.338 e. The van der Waals surface area contributed by atoms with Gasteiger partial charge >= 0.3 is 12.4 Å². The van der Waals surface area contributed by atoms with Crippen LogP contribution in [-0.2, 0) is 20.8 Å². The number of carbonyl (C=O) groups excluding carboxylic acids is 1. The molecule has 37 heavy (non-hydrogen) atoms. The minimum Gasteiger partial charge on any atom is -0.491 e. The van der Waals surface area contributed by atoms with Crippen molar-refractivity contribution in [1.82, 2.24) is 10.2 Å². The third-order valence-corrected chi connectivity index (χ3v) is 6.09. The molecule has 2 aromatic rings. The molecule has 2 aromatic carbocycles. The molecule has 0 aromatic heterocycles. The summed E-state index contributed by atoms with van der Waals surface area (Å²) in [6.07, 6.45) is 1.42. The molecule has 2 unspecified atom stereocenters. The molecular formula is C28H40N2O7. The number of rotatable bonds is 15. The van der Waals surface area contributed by atoms with Gasteiger partial charge in [-0.05, 0) is 81.7 Å². The first-order valence-corrected chi connectivity index (χ1v) is 12.9. The van der Waals surface area contributed by atoms with E-state index in [9.17, 15) is 9.90 Å². The average molecular weight is 517 g/mol. The van der Waals surface area contributed by atoms with Crippen LogP contribution in [0.25, 0.3) is 0 Å². The van der Waals surface area contributed by atoms with Crippen molar-refractivity contribution in [2.24, 2.45) is 0 Å². The van der Waals surface area contributed by atoms with E-state index in [-0.39, 0.29) is 12.6 Å². The number of methoxy groups -OCH3 is 1. The van der Waals surface area contributed by atoms with Gasteiger partial charge in [0.2, 0.25) is 0 Å². The van der Waals surface area contributed by atoms with Crippen LogP contribution in [0.4, 0.5) is 0 Å². The summed E-state index contributed by atoms with van der Waals surface area (Å²) < 4.78 is 26.7. The van der Waals surface area contributed by atoms with E-state index in [1.807, 2.05) is 31.2 Å². The highest BCUT2D eigenvalue weighted by atomic mass is 16.8. The van der Waals surface area contributed by atoms with Gasteiger partial charge in [-0.3, -0.25) is 4.90 Å². The predicted molar refractivity (Wildman–Crippen MR) is 140 cm³/mol. The van der Waals surface area contributed by atoms with Crippen LogP contribution >= 0.6 is 0 Å². The highest BCUT2D eigenvalue weighted by Crippen LogP contribution is 2.19. The second-order valence-electron chi connectivity index (χ2n) is 8.91. The van der Waals surface area contributed by atoms with Crippen molar-refractivity contribution in [2.75, 3.05) is 46.6 Å². The molecule has 1 aliphatic rings. The molecule has 0 saturated carbocycles. The van der Waals surface area contributed by atoms with Gasteiger partial charge in [0.15, 0.2) is 0 Å². The summed E-state index contributed by atoms with van der Waals surface area (Å²) in [5.74, 6) is 0.977. The highest BCUT2D eigenvalue weighted by Gasteiger charge is 2.20. The van der Waals surface area contributed by atoms with E-state index >= 15 is 0 Å². The van der Waals surface area contributed by atoms with E-state index in [1.54, 1.807) is 31.2 Å². The third-order valence-electron chi connectivity index (χ3n) is 6.09. The molecule has 2 N–H and O–H groups in total. The van der Waals surface area contributed by atoms with E-state index in [1.165, 1.54) is 12.7 Å². The topological polar surface area (TPSA) is 98.7 Å². The Morgan fingerprint density at radius 3 is 2.32 bits per heavy atom. The molecule has 9 heteroatoms. The minimum atomic E-state index is -0.749. The molecule has 1 fully saturated rings. The third kappa shape index (κ3) is 9.94. The van der Waals surface area contributed by atoms with Gasteiger partial charge in [-0.1, -0.05) is 12.1 Å². The van der Waals surface area contributed by atoms with Crippen molar-refractivity contribution in [3.8, 4) is 11.5 Å². The van der Waals surface area contributed by atoms with Gasteiger partial charge in [-0.25, -0.2) is 4.79 Å². The maximum Gasteiger partial charge on any atom is 0.338 e. The quantitative estimate of drug-likeness (QED) is 0.273. The number of hydrogen-bond acceptors (Lipinski definition) is 9. The Bertz CT molecular complexity index is 915. The van der Waals surface area contributed by atoms with Crippen LogP contribution < -0.4 is 14.8 Å². The van der Waals surface area contributed by atoms with Crippen molar-refractivity contribution in [3.05, 3.63) is 59.7 Å². The molecule has 0 aliphatic carbocycles. The molecule has 204 valence electrons. The van der Waals surface area contributed by atoms with Gasteiger partial charge in [-0.2, -0.15) is 0 Å². The number of aliphatic hydroxyl groups excluding tert-OH is 1. The second kappa shape index (κ2) is 15.5. The van der Waals surface area contributed by atoms with Gasteiger partial charge < -0.3 is 34.1 Å². The van der Waals surface area contributed by atoms with E-state index in [2.05, 4.69) is 10.2 Å². The van der Waals surface area contributed by atoms with Crippen LogP contribution in [0.15, 0.2) is 48.5 Å². The van der Waals surface area contributed by atoms with Gasteiger partial charge in [0.25, 0.3) is 0 Å². The molecular weight excluding hydrogens is 476 g/mol. The zero-order chi connectivity index (χ0) is 26.5. The fourth-order valence-corrected chi connectivity index (χ4v) is 4.08. The Labute approximate surface area is 219 Å². The van der Waals surface area contributed by atoms with Crippen LogP contribution in [-0.4, -0.2) is 81.2 Å². The molecule has 3 rings (SSSR count). The zero-order valence-corrected chi connectivity index (χ0v) is 22.1. The number of benzene rings is 2. The summed E-state index contributed by atoms with van der Waals surface area (Å²) in [7, 11) is 1.52. The maximum absolute atomic E-state index is 11.8. The van der Waals surface area contributed by atoms with Crippen molar-refractivity contribution < 1.29 is 33.6 Å². The van der Waals surface area contributed by atoms with Crippen LogP contribution in [0.3, 0.4) is 0 Å². The molecule has 0 amide bonds. The van der Waals surface area contributed by atoms with Crippen molar-refractivity contribution in [2.45, 2.75) is 51.9 Å². The summed E-state index contributed by atoms with van der Waals surface area (Å²) in [5, 5.41) is 13.8.